The van der Waals surface area contributed by atoms with E-state index in [9.17, 15) is 18.0 Å². The fourth-order valence-corrected chi connectivity index (χ4v) is 2.68. The number of nitrogens with one attached hydrogen (secondary N) is 1. The number of hydrogen-bond donors (Lipinski definition) is 2. The first-order chi connectivity index (χ1) is 10.2. The molecule has 0 atom stereocenters. The minimum atomic E-state index is -3.78. The number of rotatable bonds is 7. The number of carboxylic acids is 1. The van der Waals surface area contributed by atoms with Gasteiger partial charge >= 0.3 is 5.97 Å². The van der Waals surface area contributed by atoms with Gasteiger partial charge in [-0.05, 0) is 18.2 Å². The van der Waals surface area contributed by atoms with Crippen molar-refractivity contribution in [2.75, 3.05) is 27.7 Å². The van der Waals surface area contributed by atoms with E-state index in [1.807, 2.05) is 0 Å². The van der Waals surface area contributed by atoms with E-state index in [1.165, 1.54) is 39.4 Å². The Labute approximate surface area is 128 Å². The average molecular weight is 330 g/mol. The van der Waals surface area contributed by atoms with Crippen molar-refractivity contribution in [3.63, 3.8) is 0 Å². The number of ether oxygens (including phenoxy) is 1. The molecule has 0 radical (unpaired) electrons. The first-order valence-corrected chi connectivity index (χ1v) is 7.74. The molecule has 0 saturated carbocycles. The van der Waals surface area contributed by atoms with Crippen molar-refractivity contribution in [3.05, 3.63) is 23.8 Å². The number of nitrogens with zero attached hydrogens (tertiary/aromatic N) is 1. The van der Waals surface area contributed by atoms with Crippen LogP contribution in [0, 0.1) is 0 Å². The second-order valence-corrected chi connectivity index (χ2v) is 6.67. The Morgan fingerprint density at radius 1 is 1.32 bits per heavy atom. The van der Waals surface area contributed by atoms with E-state index in [4.69, 9.17) is 9.84 Å². The molecule has 0 fully saturated rings. The minimum absolute atomic E-state index is 0.0457. The Morgan fingerprint density at radius 2 is 1.95 bits per heavy atom. The first kappa shape index (κ1) is 17.9. The van der Waals surface area contributed by atoms with Crippen molar-refractivity contribution < 1.29 is 27.9 Å². The van der Waals surface area contributed by atoms with Gasteiger partial charge in [-0.25, -0.2) is 12.7 Å². The third-order valence-electron chi connectivity index (χ3n) is 2.81. The molecule has 0 aliphatic heterocycles. The van der Waals surface area contributed by atoms with Crippen LogP contribution in [0.5, 0.6) is 5.75 Å². The maximum absolute atomic E-state index is 12.2. The Bertz CT molecular complexity index is 669. The zero-order valence-corrected chi connectivity index (χ0v) is 13.3. The van der Waals surface area contributed by atoms with E-state index in [1.54, 1.807) is 0 Å². The average Bonchev–Trinajstić information content (AvgIpc) is 2.45. The molecule has 122 valence electrons. The van der Waals surface area contributed by atoms with Gasteiger partial charge in [0.25, 0.3) is 5.91 Å². The molecule has 0 spiro atoms. The smallest absolute Gasteiger partial charge is 0.305 e. The first-order valence-electron chi connectivity index (χ1n) is 6.30. The summed E-state index contributed by atoms with van der Waals surface area (Å²) in [6.45, 7) is -0.0457. The van der Waals surface area contributed by atoms with Gasteiger partial charge in [0.2, 0.25) is 10.0 Å². The van der Waals surface area contributed by atoms with Crippen molar-refractivity contribution in [2.24, 2.45) is 0 Å². The number of methoxy groups -OCH3 is 1. The number of hydrogen-bond acceptors (Lipinski definition) is 5. The lowest BCUT2D eigenvalue weighted by atomic mass is 10.2. The number of aliphatic carboxylic acids is 1. The third-order valence-corrected chi connectivity index (χ3v) is 4.65. The summed E-state index contributed by atoms with van der Waals surface area (Å²) in [7, 11) is 0.293. The van der Waals surface area contributed by atoms with Gasteiger partial charge in [0.1, 0.15) is 10.6 Å². The predicted molar refractivity (Wildman–Crippen MR) is 78.5 cm³/mol. The molecule has 0 aromatic heterocycles. The molecule has 0 bridgehead atoms. The van der Waals surface area contributed by atoms with Crippen LogP contribution in [0.1, 0.15) is 16.8 Å². The molecular formula is C13H18N2O6S. The maximum Gasteiger partial charge on any atom is 0.305 e. The van der Waals surface area contributed by atoms with Crippen LogP contribution >= 0.6 is 0 Å². The van der Waals surface area contributed by atoms with E-state index in [2.05, 4.69) is 5.32 Å². The summed E-state index contributed by atoms with van der Waals surface area (Å²) in [6, 6.07) is 3.98. The fourth-order valence-electron chi connectivity index (χ4n) is 1.60. The molecule has 0 aliphatic rings. The highest BCUT2D eigenvalue weighted by molar-refractivity contribution is 7.89. The van der Waals surface area contributed by atoms with Gasteiger partial charge in [-0.3, -0.25) is 9.59 Å². The molecule has 1 aromatic carbocycles. The van der Waals surface area contributed by atoms with E-state index >= 15 is 0 Å². The normalized spacial score (nSPS) is 11.3. The Kier molecular flexibility index (Phi) is 5.89. The Balaban J connectivity index is 3.10. The second kappa shape index (κ2) is 7.23. The van der Waals surface area contributed by atoms with E-state index in [-0.39, 0.29) is 29.2 Å². The lowest BCUT2D eigenvalue weighted by Crippen LogP contribution is -2.27. The van der Waals surface area contributed by atoms with Gasteiger partial charge < -0.3 is 15.2 Å². The van der Waals surface area contributed by atoms with Crippen LogP contribution in [0.2, 0.25) is 0 Å². The van der Waals surface area contributed by atoms with E-state index in [0.717, 1.165) is 4.31 Å². The van der Waals surface area contributed by atoms with Crippen LogP contribution < -0.4 is 10.1 Å². The van der Waals surface area contributed by atoms with Gasteiger partial charge in [-0.2, -0.15) is 0 Å². The third kappa shape index (κ3) is 4.18. The van der Waals surface area contributed by atoms with Crippen molar-refractivity contribution in [1.82, 2.24) is 9.62 Å². The Hall–Kier alpha value is -2.13. The molecule has 1 amide bonds. The highest BCUT2D eigenvalue weighted by Crippen LogP contribution is 2.26. The van der Waals surface area contributed by atoms with E-state index in [0.29, 0.717) is 0 Å². The summed E-state index contributed by atoms with van der Waals surface area (Å²) >= 11 is 0. The summed E-state index contributed by atoms with van der Waals surface area (Å²) < 4.78 is 30.5. The van der Waals surface area contributed by atoms with E-state index < -0.39 is 21.9 Å². The number of carbonyl (C=O) groups is 2. The fraction of sp³-hybridized carbons (Fsp3) is 0.385. The van der Waals surface area contributed by atoms with Crippen LogP contribution in [0.25, 0.3) is 0 Å². The topological polar surface area (TPSA) is 113 Å². The molecule has 1 rings (SSSR count). The quantitative estimate of drug-likeness (QED) is 0.736. The number of benzene rings is 1. The van der Waals surface area contributed by atoms with Crippen molar-refractivity contribution in [3.8, 4) is 5.75 Å². The highest BCUT2D eigenvalue weighted by atomic mass is 32.2. The molecule has 22 heavy (non-hydrogen) atoms. The summed E-state index contributed by atoms with van der Waals surface area (Å²) in [4.78, 5) is 22.2. The molecule has 0 aliphatic carbocycles. The van der Waals surface area contributed by atoms with Gasteiger partial charge in [-0.1, -0.05) is 0 Å². The molecule has 2 N–H and O–H groups in total. The summed E-state index contributed by atoms with van der Waals surface area (Å²) in [5.74, 6) is -1.47. The van der Waals surface area contributed by atoms with Crippen LogP contribution in [0.4, 0.5) is 0 Å². The zero-order chi connectivity index (χ0) is 16.9. The SMILES string of the molecule is COc1ccc(C(=O)NCCC(=O)O)cc1S(=O)(=O)N(C)C. The number of carboxylic acid groups (broad SMARTS) is 1. The second-order valence-electron chi connectivity index (χ2n) is 4.55. The summed E-state index contributed by atoms with van der Waals surface area (Å²) in [5, 5.41) is 10.9. The van der Waals surface area contributed by atoms with Crippen molar-refractivity contribution in [1.29, 1.82) is 0 Å². The predicted octanol–water partition coefficient (Wildman–Crippen LogP) is 0.150. The van der Waals surface area contributed by atoms with Crippen molar-refractivity contribution in [2.45, 2.75) is 11.3 Å². The van der Waals surface area contributed by atoms with Crippen LogP contribution in [0.3, 0.4) is 0 Å². The van der Waals surface area contributed by atoms with Crippen LogP contribution in [-0.4, -0.2) is 57.5 Å². The molecule has 0 unspecified atom stereocenters. The Morgan fingerprint density at radius 3 is 2.45 bits per heavy atom. The monoisotopic (exact) mass is 330 g/mol. The number of sulfonamides is 1. The van der Waals surface area contributed by atoms with Gasteiger partial charge in [0.15, 0.2) is 0 Å². The molecule has 0 saturated heterocycles. The molecule has 8 nitrogen and oxygen atoms in total. The standard InChI is InChI=1S/C13H18N2O6S/c1-15(2)22(19,20)11-8-9(4-5-10(11)21-3)13(18)14-7-6-12(16)17/h4-5,8H,6-7H2,1-3H3,(H,14,18)(H,16,17). The maximum atomic E-state index is 12.2. The summed E-state index contributed by atoms with van der Waals surface area (Å²) in [6.07, 6.45) is -0.218. The molecule has 0 heterocycles. The minimum Gasteiger partial charge on any atom is -0.495 e. The highest BCUT2D eigenvalue weighted by Gasteiger charge is 2.23. The molecular weight excluding hydrogens is 312 g/mol. The van der Waals surface area contributed by atoms with Crippen LogP contribution in [-0.2, 0) is 14.8 Å². The van der Waals surface area contributed by atoms with Gasteiger partial charge in [-0.15, -0.1) is 0 Å². The van der Waals surface area contributed by atoms with Crippen LogP contribution in [0.15, 0.2) is 23.1 Å². The molecule has 1 aromatic rings. The van der Waals surface area contributed by atoms with Gasteiger partial charge in [0.05, 0.1) is 13.5 Å². The lowest BCUT2D eigenvalue weighted by molar-refractivity contribution is -0.136. The summed E-state index contributed by atoms with van der Waals surface area (Å²) in [5.41, 5.74) is 0.103. The van der Waals surface area contributed by atoms with Crippen molar-refractivity contribution >= 4 is 21.9 Å². The molecule has 9 heteroatoms. The lowest BCUT2D eigenvalue weighted by Gasteiger charge is -2.15. The number of carbonyl (C=O) groups excluding carboxylic acids is 1. The zero-order valence-electron chi connectivity index (χ0n) is 12.5. The van der Waals surface area contributed by atoms with Gasteiger partial charge in [0, 0.05) is 26.2 Å². The number of amides is 1. The largest absolute Gasteiger partial charge is 0.495 e.